The van der Waals surface area contributed by atoms with E-state index in [0.29, 0.717) is 0 Å². The average molecular weight is 173 g/mol. The van der Waals surface area contributed by atoms with Gasteiger partial charge in [0.25, 0.3) is 0 Å². The number of aromatic amines is 1. The zero-order chi connectivity index (χ0) is 8.84. The van der Waals surface area contributed by atoms with Crippen molar-refractivity contribution in [2.75, 3.05) is 0 Å². The minimum atomic E-state index is 0.0329. The van der Waals surface area contributed by atoms with Gasteiger partial charge in [-0.05, 0) is 12.2 Å². The van der Waals surface area contributed by atoms with Gasteiger partial charge in [-0.2, -0.15) is 0 Å². The number of nitrogens with zero attached hydrogens (tertiary/aromatic N) is 2. The molecular weight excluding hydrogens is 166 g/mol. The van der Waals surface area contributed by atoms with Crippen LogP contribution in [0.5, 0.6) is 5.88 Å². The maximum Gasteiger partial charge on any atom is 0.189 e. The Bertz CT molecular complexity index is 536. The monoisotopic (exact) mass is 173 g/mol. The molecule has 0 amide bonds. The number of hydrogen-bond donors (Lipinski definition) is 2. The second-order valence-corrected chi connectivity index (χ2v) is 3.10. The Morgan fingerprint density at radius 1 is 1.46 bits per heavy atom. The van der Waals surface area contributed by atoms with Crippen LogP contribution in [0.2, 0.25) is 0 Å². The van der Waals surface area contributed by atoms with Gasteiger partial charge in [-0.1, -0.05) is 0 Å². The molecule has 4 nitrogen and oxygen atoms in total. The van der Waals surface area contributed by atoms with Gasteiger partial charge in [0.1, 0.15) is 12.4 Å². The SMILES string of the molecule is Oc1cc2c([nH]1)=CC1N=CN=C1C=2. The lowest BCUT2D eigenvalue weighted by molar-refractivity contribution is 0.456. The van der Waals surface area contributed by atoms with Crippen molar-refractivity contribution in [1.82, 2.24) is 4.98 Å². The van der Waals surface area contributed by atoms with E-state index < -0.39 is 0 Å². The van der Waals surface area contributed by atoms with Gasteiger partial charge in [0.2, 0.25) is 0 Å². The van der Waals surface area contributed by atoms with Crippen molar-refractivity contribution in [2.24, 2.45) is 9.98 Å². The fourth-order valence-corrected chi connectivity index (χ4v) is 1.62. The minimum absolute atomic E-state index is 0.0329. The minimum Gasteiger partial charge on any atom is -0.495 e. The first-order valence-electron chi connectivity index (χ1n) is 4.04. The summed E-state index contributed by atoms with van der Waals surface area (Å²) in [5.41, 5.74) is 0.937. The normalized spacial score (nSPS) is 22.8. The lowest BCUT2D eigenvalue weighted by Crippen LogP contribution is -2.32. The topological polar surface area (TPSA) is 60.7 Å². The van der Waals surface area contributed by atoms with E-state index in [-0.39, 0.29) is 11.9 Å². The quantitative estimate of drug-likeness (QED) is 0.527. The van der Waals surface area contributed by atoms with Crippen LogP contribution in [0.3, 0.4) is 0 Å². The van der Waals surface area contributed by atoms with E-state index in [1.54, 1.807) is 12.4 Å². The first-order valence-corrected chi connectivity index (χ1v) is 4.04. The Morgan fingerprint density at radius 2 is 2.38 bits per heavy atom. The standard InChI is InChI=1S/C9H7N3O/c13-9-2-5-1-7-8(11-4-10-7)3-6(5)12-9/h1-4,8,12-13H. The molecule has 0 radical (unpaired) electrons. The van der Waals surface area contributed by atoms with Crippen LogP contribution in [-0.4, -0.2) is 28.2 Å². The third-order valence-electron chi connectivity index (χ3n) is 2.23. The summed E-state index contributed by atoms with van der Waals surface area (Å²) in [7, 11) is 0. The molecule has 0 spiro atoms. The van der Waals surface area contributed by atoms with Gasteiger partial charge in [0, 0.05) is 16.6 Å². The highest BCUT2D eigenvalue weighted by Crippen LogP contribution is 2.07. The Balaban J connectivity index is 2.36. The third kappa shape index (κ3) is 0.853. The number of aromatic hydroxyl groups is 1. The van der Waals surface area contributed by atoms with Gasteiger partial charge in [-0.3, -0.25) is 4.99 Å². The molecule has 4 heteroatoms. The molecule has 0 fully saturated rings. The highest BCUT2D eigenvalue weighted by atomic mass is 16.3. The molecule has 13 heavy (non-hydrogen) atoms. The molecule has 0 aromatic carbocycles. The molecule has 1 aliphatic heterocycles. The summed E-state index contributed by atoms with van der Waals surface area (Å²) in [5.74, 6) is 0.182. The zero-order valence-corrected chi connectivity index (χ0v) is 6.73. The fourth-order valence-electron chi connectivity index (χ4n) is 1.62. The van der Waals surface area contributed by atoms with Crippen molar-refractivity contribution < 1.29 is 5.11 Å². The summed E-state index contributed by atoms with van der Waals surface area (Å²) in [6, 6.07) is 1.72. The van der Waals surface area contributed by atoms with Crippen molar-refractivity contribution in [3.05, 3.63) is 16.6 Å². The van der Waals surface area contributed by atoms with Gasteiger partial charge < -0.3 is 10.1 Å². The van der Waals surface area contributed by atoms with Gasteiger partial charge in [0.15, 0.2) is 5.88 Å². The smallest absolute Gasteiger partial charge is 0.189 e. The summed E-state index contributed by atoms with van der Waals surface area (Å²) in [6.45, 7) is 0. The van der Waals surface area contributed by atoms with Crippen LogP contribution in [0.25, 0.3) is 12.2 Å². The summed E-state index contributed by atoms with van der Waals surface area (Å²) in [6.07, 6.45) is 5.46. The molecule has 2 heterocycles. The second kappa shape index (κ2) is 2.10. The number of rotatable bonds is 0. The van der Waals surface area contributed by atoms with Crippen LogP contribution in [-0.2, 0) is 0 Å². The molecule has 0 saturated heterocycles. The maximum absolute atomic E-state index is 9.21. The highest BCUT2D eigenvalue weighted by Gasteiger charge is 2.16. The van der Waals surface area contributed by atoms with E-state index in [1.807, 2.05) is 12.2 Å². The summed E-state index contributed by atoms with van der Waals surface area (Å²) in [5, 5.41) is 11.1. The predicted molar refractivity (Wildman–Crippen MR) is 50.4 cm³/mol. The summed E-state index contributed by atoms with van der Waals surface area (Å²) >= 11 is 0. The van der Waals surface area contributed by atoms with E-state index in [2.05, 4.69) is 15.0 Å². The van der Waals surface area contributed by atoms with Crippen molar-refractivity contribution in [3.63, 3.8) is 0 Å². The maximum atomic E-state index is 9.21. The van der Waals surface area contributed by atoms with Crippen molar-refractivity contribution >= 4 is 24.2 Å². The molecule has 1 aromatic rings. The molecule has 1 aromatic heterocycles. The van der Waals surface area contributed by atoms with Gasteiger partial charge in [0.05, 0.1) is 5.71 Å². The number of nitrogens with one attached hydrogen (secondary N) is 1. The van der Waals surface area contributed by atoms with E-state index >= 15 is 0 Å². The van der Waals surface area contributed by atoms with Crippen molar-refractivity contribution in [1.29, 1.82) is 0 Å². The Morgan fingerprint density at radius 3 is 3.31 bits per heavy atom. The van der Waals surface area contributed by atoms with Crippen LogP contribution in [0.4, 0.5) is 0 Å². The van der Waals surface area contributed by atoms with E-state index in [1.165, 1.54) is 0 Å². The number of aromatic nitrogens is 1. The summed E-state index contributed by atoms with van der Waals surface area (Å²) in [4.78, 5) is 11.1. The number of aliphatic imine (C=N–C) groups is 2. The van der Waals surface area contributed by atoms with Crippen LogP contribution in [0, 0.1) is 0 Å². The lowest BCUT2D eigenvalue weighted by atomic mass is 10.1. The van der Waals surface area contributed by atoms with Gasteiger partial charge in [-0.15, -0.1) is 0 Å². The van der Waals surface area contributed by atoms with Crippen molar-refractivity contribution in [2.45, 2.75) is 6.04 Å². The van der Waals surface area contributed by atoms with Crippen LogP contribution >= 0.6 is 0 Å². The second-order valence-electron chi connectivity index (χ2n) is 3.10. The molecule has 1 atom stereocenters. The molecule has 3 rings (SSSR count). The lowest BCUT2D eigenvalue weighted by Gasteiger charge is -2.03. The van der Waals surface area contributed by atoms with Crippen LogP contribution in [0.1, 0.15) is 0 Å². The average Bonchev–Trinajstić information content (AvgIpc) is 2.63. The molecule has 2 N–H and O–H groups in total. The van der Waals surface area contributed by atoms with Crippen LogP contribution in [0.15, 0.2) is 16.1 Å². The molecule has 1 unspecified atom stereocenters. The number of H-pyrrole nitrogens is 1. The Labute approximate surface area is 73.7 Å². The fraction of sp³-hybridized carbons (Fsp3) is 0.111. The largest absolute Gasteiger partial charge is 0.495 e. The molecule has 1 aliphatic carbocycles. The van der Waals surface area contributed by atoms with Gasteiger partial charge >= 0.3 is 0 Å². The van der Waals surface area contributed by atoms with E-state index in [9.17, 15) is 5.11 Å². The molecule has 64 valence electrons. The molecular formula is C9H7N3O. The molecule has 0 saturated carbocycles. The Kier molecular flexibility index (Phi) is 1.07. The van der Waals surface area contributed by atoms with Crippen molar-refractivity contribution in [3.8, 4) is 5.88 Å². The molecule has 2 aliphatic rings. The zero-order valence-electron chi connectivity index (χ0n) is 6.73. The Hall–Kier alpha value is -1.84. The van der Waals surface area contributed by atoms with E-state index in [4.69, 9.17) is 0 Å². The predicted octanol–water partition coefficient (Wildman–Crippen LogP) is -0.854. The molecule has 0 bridgehead atoms. The third-order valence-corrected chi connectivity index (χ3v) is 2.23. The first-order chi connectivity index (χ1) is 6.33. The highest BCUT2D eigenvalue weighted by molar-refractivity contribution is 6.21. The summed E-state index contributed by atoms with van der Waals surface area (Å²) < 4.78 is 0. The number of hydrogen-bond acceptors (Lipinski definition) is 3. The van der Waals surface area contributed by atoms with Gasteiger partial charge in [-0.25, -0.2) is 4.99 Å². The number of fused-ring (bicyclic) bond motifs is 2. The van der Waals surface area contributed by atoms with Crippen LogP contribution < -0.4 is 10.6 Å². The van der Waals surface area contributed by atoms with E-state index in [0.717, 1.165) is 16.3 Å². The first kappa shape index (κ1) is 6.65.